The van der Waals surface area contributed by atoms with Gasteiger partial charge in [0.05, 0.1) is 30.7 Å². The number of hydrogen-bond acceptors (Lipinski definition) is 0. The third-order valence-electron chi connectivity index (χ3n) is 0. The molecule has 0 aliphatic rings. The van der Waals surface area contributed by atoms with Crippen molar-refractivity contribution < 1.29 is 0 Å². The molecular formula is C6H12LiSi3. The molecule has 0 amide bonds. The number of terminal acetylenes is 3. The Morgan fingerprint density at radius 1 is 0.700 bits per heavy atom. The first kappa shape index (κ1) is 22.5. The van der Waals surface area contributed by atoms with Crippen molar-refractivity contribution in [1.82, 2.24) is 0 Å². The van der Waals surface area contributed by atoms with Crippen LogP contribution in [0, 0.1) is 35.9 Å². The van der Waals surface area contributed by atoms with Crippen LogP contribution in [0.2, 0.25) is 0 Å². The summed E-state index contributed by atoms with van der Waals surface area (Å²) in [4.78, 5) is 0. The zero-order valence-corrected chi connectivity index (χ0v) is 13.2. The molecule has 0 rings (SSSR count). The maximum atomic E-state index is 4.66. The van der Waals surface area contributed by atoms with Crippen LogP contribution in [0.4, 0.5) is 0 Å². The average Bonchev–Trinajstić information content (AvgIpc) is 1.70. The Hall–Kier alpha value is -0.0719. The Labute approximate surface area is 85.4 Å². The van der Waals surface area contributed by atoms with Crippen molar-refractivity contribution in [2.45, 2.75) is 0 Å². The molecule has 0 heterocycles. The van der Waals surface area contributed by atoms with Gasteiger partial charge >= 0.3 is 0 Å². The summed E-state index contributed by atoms with van der Waals surface area (Å²) >= 11 is 0. The summed E-state index contributed by atoms with van der Waals surface area (Å²) < 4.78 is 0. The SMILES string of the molecule is C#C[SiH3].C#C[SiH3].C#C[SiH3].[Li]. The zero-order valence-electron chi connectivity index (χ0n) is 7.23. The van der Waals surface area contributed by atoms with Crippen LogP contribution in [-0.4, -0.2) is 49.6 Å². The van der Waals surface area contributed by atoms with E-state index in [4.69, 9.17) is 0 Å². The third-order valence-corrected chi connectivity index (χ3v) is 0. The second kappa shape index (κ2) is 65.5. The van der Waals surface area contributed by atoms with E-state index in [0.717, 1.165) is 30.7 Å². The van der Waals surface area contributed by atoms with Crippen LogP contribution in [0.5, 0.6) is 0 Å². The molecule has 10 heavy (non-hydrogen) atoms. The first-order valence-electron chi connectivity index (χ1n) is 2.37. The monoisotopic (exact) mass is 175 g/mol. The fourth-order valence-corrected chi connectivity index (χ4v) is 0. The number of hydrogen-bond donors (Lipinski definition) is 0. The summed E-state index contributed by atoms with van der Waals surface area (Å²) in [5.74, 6) is 0. The summed E-state index contributed by atoms with van der Waals surface area (Å²) in [7, 11) is 2.69. The van der Waals surface area contributed by atoms with Crippen molar-refractivity contribution >= 4 is 49.6 Å². The molecule has 0 N–H and O–H groups in total. The molecule has 0 nitrogen and oxygen atoms in total. The first-order valence-corrected chi connectivity index (χ1v) is 5.37. The van der Waals surface area contributed by atoms with Crippen molar-refractivity contribution in [2.24, 2.45) is 0 Å². The van der Waals surface area contributed by atoms with Crippen molar-refractivity contribution in [3.63, 3.8) is 0 Å². The van der Waals surface area contributed by atoms with Crippen LogP contribution in [0.15, 0.2) is 0 Å². The van der Waals surface area contributed by atoms with Gasteiger partial charge in [0.1, 0.15) is 0 Å². The average molecular weight is 175 g/mol. The van der Waals surface area contributed by atoms with E-state index < -0.39 is 0 Å². The fourth-order valence-electron chi connectivity index (χ4n) is 0. The van der Waals surface area contributed by atoms with Crippen LogP contribution >= 0.6 is 0 Å². The van der Waals surface area contributed by atoms with Crippen LogP contribution < -0.4 is 0 Å². The fraction of sp³-hybridized carbons (Fsp3) is 0. The van der Waals surface area contributed by atoms with Gasteiger partial charge in [0.15, 0.2) is 0 Å². The predicted octanol–water partition coefficient (Wildman–Crippen LogP) is -3.55. The van der Waals surface area contributed by atoms with E-state index in [1.165, 1.54) is 0 Å². The van der Waals surface area contributed by atoms with Crippen molar-refractivity contribution in [3.8, 4) is 35.9 Å². The van der Waals surface area contributed by atoms with Gasteiger partial charge < -0.3 is 0 Å². The standard InChI is InChI=1S/3C2H4Si.Li/c3*1-2-3;/h3*1H,3H3;. The molecule has 0 unspecified atom stereocenters. The van der Waals surface area contributed by atoms with Crippen molar-refractivity contribution in [2.75, 3.05) is 0 Å². The van der Waals surface area contributed by atoms with Crippen LogP contribution in [0.25, 0.3) is 0 Å². The molecule has 0 aromatic carbocycles. The number of rotatable bonds is 0. The molecule has 0 aromatic heterocycles. The van der Waals surface area contributed by atoms with Gasteiger partial charge in [0, 0.05) is 18.9 Å². The topological polar surface area (TPSA) is 0 Å². The molecule has 0 atom stereocenters. The molecule has 0 saturated carbocycles. The van der Waals surface area contributed by atoms with Gasteiger partial charge in [0.2, 0.25) is 0 Å². The van der Waals surface area contributed by atoms with E-state index in [-0.39, 0.29) is 18.9 Å². The van der Waals surface area contributed by atoms with Gasteiger partial charge in [0.25, 0.3) is 0 Å². The Balaban J connectivity index is -0.0000000257. The molecule has 49 valence electrons. The zero-order chi connectivity index (χ0) is 8.12. The van der Waals surface area contributed by atoms with Crippen LogP contribution in [0.3, 0.4) is 0 Å². The summed E-state index contributed by atoms with van der Waals surface area (Å²) in [6.07, 6.45) is 14.0. The summed E-state index contributed by atoms with van der Waals surface area (Å²) in [6.45, 7) is 0. The van der Waals surface area contributed by atoms with Gasteiger partial charge in [-0.3, -0.25) is 0 Å². The molecule has 0 bridgehead atoms. The minimum absolute atomic E-state index is 0. The van der Waals surface area contributed by atoms with E-state index in [0.29, 0.717) is 0 Å². The minimum atomic E-state index is 0. The van der Waals surface area contributed by atoms with Gasteiger partial charge in [-0.2, -0.15) is 0 Å². The van der Waals surface area contributed by atoms with Gasteiger partial charge in [-0.1, -0.05) is 0 Å². The van der Waals surface area contributed by atoms with Crippen LogP contribution in [0.1, 0.15) is 0 Å². The maximum absolute atomic E-state index is 4.66. The predicted molar refractivity (Wildman–Crippen MR) is 62.1 cm³/mol. The molecule has 0 aromatic rings. The Morgan fingerprint density at radius 3 is 0.700 bits per heavy atom. The maximum Gasteiger partial charge on any atom is 0.0902 e. The Kier molecular flexibility index (Phi) is 147. The second-order valence-electron chi connectivity index (χ2n) is 0.866. The molecule has 0 saturated heterocycles. The van der Waals surface area contributed by atoms with Gasteiger partial charge in [-0.05, 0) is 0 Å². The molecule has 0 fully saturated rings. The normalized spacial score (nSPS) is 3.30. The van der Waals surface area contributed by atoms with Crippen LogP contribution in [-0.2, 0) is 0 Å². The smallest absolute Gasteiger partial charge is 0.0902 e. The van der Waals surface area contributed by atoms with E-state index in [9.17, 15) is 0 Å². The molecule has 1 radical (unpaired) electrons. The molecule has 0 spiro atoms. The van der Waals surface area contributed by atoms with Crippen molar-refractivity contribution in [3.05, 3.63) is 0 Å². The summed E-state index contributed by atoms with van der Waals surface area (Å²) in [5.41, 5.74) is 7.17. The quantitative estimate of drug-likeness (QED) is 0.264. The Morgan fingerprint density at radius 2 is 0.700 bits per heavy atom. The molecule has 0 aliphatic heterocycles. The van der Waals surface area contributed by atoms with Gasteiger partial charge in [-0.25, -0.2) is 0 Å². The minimum Gasteiger partial charge on any atom is -0.147 e. The third kappa shape index (κ3) is 73500. The first-order chi connectivity index (χ1) is 4.24. The van der Waals surface area contributed by atoms with E-state index in [2.05, 4.69) is 35.9 Å². The molecular weight excluding hydrogens is 163 g/mol. The summed E-state index contributed by atoms with van der Waals surface area (Å²) in [5, 5.41) is 0. The largest absolute Gasteiger partial charge is 0.147 e. The van der Waals surface area contributed by atoms with E-state index in [1.54, 1.807) is 0 Å². The summed E-state index contributed by atoms with van der Waals surface area (Å²) in [6, 6.07) is 0. The van der Waals surface area contributed by atoms with E-state index >= 15 is 0 Å². The molecule has 0 aliphatic carbocycles. The van der Waals surface area contributed by atoms with Gasteiger partial charge in [-0.15, -0.1) is 35.9 Å². The van der Waals surface area contributed by atoms with E-state index in [1.807, 2.05) is 0 Å². The second-order valence-corrected chi connectivity index (χ2v) is 2.60. The Bertz CT molecular complexity index is 106. The molecule has 4 heteroatoms. The van der Waals surface area contributed by atoms with Crippen molar-refractivity contribution in [1.29, 1.82) is 0 Å².